The fraction of sp³-hybridized carbons (Fsp3) is 0.421. The van der Waals surface area contributed by atoms with Crippen LogP contribution in [-0.2, 0) is 11.8 Å². The molecule has 0 aliphatic carbocycles. The average molecular weight is 402 g/mol. The van der Waals surface area contributed by atoms with Gasteiger partial charge >= 0.3 is 6.03 Å². The number of nitrogens with zero attached hydrogens (tertiary/aromatic N) is 4. The summed E-state index contributed by atoms with van der Waals surface area (Å²) in [4.78, 5) is 27.7. The normalized spacial score (nSPS) is 16.3. The van der Waals surface area contributed by atoms with Gasteiger partial charge in [-0.3, -0.25) is 14.7 Å². The number of aromatic nitrogens is 2. The van der Waals surface area contributed by atoms with E-state index < -0.39 is 24.1 Å². The molecule has 0 bridgehead atoms. The molecule has 0 unspecified atom stereocenters. The highest BCUT2D eigenvalue weighted by atomic mass is 16.5. The molecule has 156 valence electrons. The molecule has 0 radical (unpaired) electrons. The minimum atomic E-state index is -1.22. The molecule has 10 heteroatoms. The maximum Gasteiger partial charge on any atom is 0.318 e. The summed E-state index contributed by atoms with van der Waals surface area (Å²) in [6, 6.07) is 8.48. The van der Waals surface area contributed by atoms with Crippen LogP contribution in [0, 0.1) is 0 Å². The summed E-state index contributed by atoms with van der Waals surface area (Å²) in [7, 11) is 1.90. The average Bonchev–Trinajstić information content (AvgIpc) is 3.17. The predicted octanol–water partition coefficient (Wildman–Crippen LogP) is 0.174. The van der Waals surface area contributed by atoms with Gasteiger partial charge in [-0.05, 0) is 30.7 Å². The molecule has 2 aromatic rings. The predicted molar refractivity (Wildman–Crippen MR) is 106 cm³/mol. The van der Waals surface area contributed by atoms with Crippen LogP contribution in [0.15, 0.2) is 36.5 Å². The van der Waals surface area contributed by atoms with E-state index in [4.69, 9.17) is 5.21 Å². The van der Waals surface area contributed by atoms with Crippen molar-refractivity contribution in [1.82, 2.24) is 25.5 Å². The van der Waals surface area contributed by atoms with Gasteiger partial charge in [-0.25, -0.2) is 10.3 Å². The van der Waals surface area contributed by atoms with Crippen LogP contribution in [-0.4, -0.2) is 75.3 Å². The Bertz CT molecular complexity index is 843. The molecule has 1 aromatic heterocycles. The van der Waals surface area contributed by atoms with E-state index in [1.165, 1.54) is 12.4 Å². The summed E-state index contributed by atoms with van der Waals surface area (Å²) >= 11 is 0. The van der Waals surface area contributed by atoms with Gasteiger partial charge in [0.15, 0.2) is 0 Å². The Hall–Kier alpha value is -3.11. The van der Waals surface area contributed by atoms with Gasteiger partial charge in [-0.1, -0.05) is 12.1 Å². The number of hydrogen-bond donors (Lipinski definition) is 4. The molecule has 0 saturated carbocycles. The number of urea groups is 1. The van der Waals surface area contributed by atoms with Crippen LogP contribution >= 0.6 is 0 Å². The summed E-state index contributed by atoms with van der Waals surface area (Å²) in [5.41, 5.74) is 4.64. The van der Waals surface area contributed by atoms with E-state index in [-0.39, 0.29) is 0 Å². The van der Waals surface area contributed by atoms with E-state index in [0.29, 0.717) is 26.2 Å². The second-order valence-corrected chi connectivity index (χ2v) is 7.00. The lowest BCUT2D eigenvalue weighted by Gasteiger charge is -2.36. The lowest BCUT2D eigenvalue weighted by molar-refractivity contribution is -0.133. The number of rotatable bonds is 5. The third kappa shape index (κ3) is 4.66. The summed E-state index contributed by atoms with van der Waals surface area (Å²) in [5, 5.41) is 25.0. The first-order valence-electron chi connectivity index (χ1n) is 9.41. The lowest BCUT2D eigenvalue weighted by atomic mass is 10.1. The largest absolute Gasteiger partial charge is 0.391 e. The molecule has 3 amide bonds. The van der Waals surface area contributed by atoms with Crippen molar-refractivity contribution in [3.05, 3.63) is 36.5 Å². The molecule has 2 atom stereocenters. The maximum atomic E-state index is 12.4. The number of hydroxylamine groups is 1. The number of benzene rings is 1. The van der Waals surface area contributed by atoms with E-state index >= 15 is 0 Å². The molecule has 0 spiro atoms. The first-order chi connectivity index (χ1) is 13.9. The highest BCUT2D eigenvalue weighted by molar-refractivity contribution is 5.87. The van der Waals surface area contributed by atoms with Crippen LogP contribution in [0.5, 0.6) is 0 Å². The summed E-state index contributed by atoms with van der Waals surface area (Å²) in [6.07, 6.45) is 0.630. The smallest absolute Gasteiger partial charge is 0.318 e. The Kier molecular flexibility index (Phi) is 6.35. The van der Waals surface area contributed by atoms with Crippen LogP contribution in [0.2, 0.25) is 0 Å². The number of aliphatic hydroxyl groups is 1. The zero-order chi connectivity index (χ0) is 21.0. The van der Waals surface area contributed by atoms with Crippen molar-refractivity contribution in [1.29, 1.82) is 0 Å². The Labute approximate surface area is 168 Å². The SMILES string of the molecule is C[C@H](O)[C@@H](NC(=O)N1CCN(c2ccc(-c3ccnn3C)cc2)CC1)C(=O)NO. The highest BCUT2D eigenvalue weighted by Crippen LogP contribution is 2.23. The summed E-state index contributed by atoms with van der Waals surface area (Å²) < 4.78 is 1.82. The molecule has 2 heterocycles. The van der Waals surface area contributed by atoms with Gasteiger partial charge in [0.05, 0.1) is 11.8 Å². The number of aliphatic hydroxyl groups excluding tert-OH is 1. The Morgan fingerprint density at radius 2 is 1.76 bits per heavy atom. The van der Waals surface area contributed by atoms with Gasteiger partial charge < -0.3 is 20.2 Å². The maximum absolute atomic E-state index is 12.4. The molecule has 3 rings (SSSR count). The van der Waals surface area contributed by atoms with Crippen LogP contribution in [0.25, 0.3) is 11.3 Å². The standard InChI is InChI=1S/C19H26N6O4/c1-13(26)17(18(27)22-29)21-19(28)25-11-9-24(10-12-25)15-5-3-14(4-6-15)16-7-8-20-23(16)2/h3-8,13,17,26,29H,9-12H2,1-2H3,(H,21,28)(H,22,27)/t13-,17+/m0/s1. The van der Waals surface area contributed by atoms with Gasteiger partial charge in [0, 0.05) is 45.1 Å². The second kappa shape index (κ2) is 8.93. The number of hydrogen-bond acceptors (Lipinski definition) is 6. The van der Waals surface area contributed by atoms with E-state index in [2.05, 4.69) is 15.3 Å². The number of amides is 3. The monoisotopic (exact) mass is 402 g/mol. The Balaban J connectivity index is 1.57. The lowest BCUT2D eigenvalue weighted by Crippen LogP contribution is -2.58. The zero-order valence-electron chi connectivity index (χ0n) is 16.4. The third-order valence-electron chi connectivity index (χ3n) is 5.07. The van der Waals surface area contributed by atoms with Crippen molar-refractivity contribution in [2.24, 2.45) is 7.05 Å². The third-order valence-corrected chi connectivity index (χ3v) is 5.07. The minimum Gasteiger partial charge on any atom is -0.391 e. The minimum absolute atomic E-state index is 0.453. The van der Waals surface area contributed by atoms with E-state index in [1.54, 1.807) is 11.1 Å². The number of aryl methyl sites for hydroxylation is 1. The molecule has 1 aliphatic heterocycles. The number of carbonyl (C=O) groups excluding carboxylic acids is 2. The van der Waals surface area contributed by atoms with E-state index in [0.717, 1.165) is 16.9 Å². The first kappa shape index (κ1) is 20.6. The van der Waals surface area contributed by atoms with Crippen LogP contribution < -0.4 is 15.7 Å². The number of nitrogens with one attached hydrogen (secondary N) is 2. The van der Waals surface area contributed by atoms with Gasteiger partial charge in [0.2, 0.25) is 0 Å². The van der Waals surface area contributed by atoms with Crippen LogP contribution in [0.4, 0.5) is 10.5 Å². The molecular formula is C19H26N6O4. The zero-order valence-corrected chi connectivity index (χ0v) is 16.4. The van der Waals surface area contributed by atoms with Crippen molar-refractivity contribution in [3.63, 3.8) is 0 Å². The number of anilines is 1. The molecule has 1 aliphatic rings. The number of carbonyl (C=O) groups is 2. The van der Waals surface area contributed by atoms with E-state index in [1.807, 2.05) is 42.1 Å². The van der Waals surface area contributed by atoms with Crippen molar-refractivity contribution in [2.75, 3.05) is 31.1 Å². The van der Waals surface area contributed by atoms with Crippen molar-refractivity contribution < 1.29 is 19.9 Å². The van der Waals surface area contributed by atoms with Gasteiger partial charge in [0.1, 0.15) is 6.04 Å². The topological polar surface area (TPSA) is 123 Å². The van der Waals surface area contributed by atoms with Crippen LogP contribution in [0.3, 0.4) is 0 Å². The Morgan fingerprint density at radius 1 is 1.10 bits per heavy atom. The van der Waals surface area contributed by atoms with E-state index in [9.17, 15) is 14.7 Å². The van der Waals surface area contributed by atoms with Gasteiger partial charge in [0.25, 0.3) is 5.91 Å². The quantitative estimate of drug-likeness (QED) is 0.418. The molecule has 1 saturated heterocycles. The van der Waals surface area contributed by atoms with Crippen molar-refractivity contribution in [3.8, 4) is 11.3 Å². The Morgan fingerprint density at radius 3 is 2.28 bits per heavy atom. The summed E-state index contributed by atoms with van der Waals surface area (Å²) in [6.45, 7) is 3.60. The molecule has 10 nitrogen and oxygen atoms in total. The van der Waals surface area contributed by atoms with Gasteiger partial charge in [-0.15, -0.1) is 0 Å². The fourth-order valence-electron chi connectivity index (χ4n) is 3.37. The highest BCUT2D eigenvalue weighted by Gasteiger charge is 2.29. The van der Waals surface area contributed by atoms with Crippen molar-refractivity contribution in [2.45, 2.75) is 19.1 Å². The molecular weight excluding hydrogens is 376 g/mol. The molecule has 4 N–H and O–H groups in total. The molecule has 1 aromatic carbocycles. The van der Waals surface area contributed by atoms with Gasteiger partial charge in [-0.2, -0.15) is 5.10 Å². The van der Waals surface area contributed by atoms with Crippen LogP contribution in [0.1, 0.15) is 6.92 Å². The molecule has 29 heavy (non-hydrogen) atoms. The first-order valence-corrected chi connectivity index (χ1v) is 9.41. The summed E-state index contributed by atoms with van der Waals surface area (Å²) in [5.74, 6) is -0.861. The fourth-order valence-corrected chi connectivity index (χ4v) is 3.37. The number of piperazine rings is 1. The van der Waals surface area contributed by atoms with Crippen molar-refractivity contribution >= 4 is 17.6 Å². The molecule has 1 fully saturated rings. The second-order valence-electron chi connectivity index (χ2n) is 7.00.